The lowest BCUT2D eigenvalue weighted by Gasteiger charge is -2.50. The van der Waals surface area contributed by atoms with Gasteiger partial charge in [-0.15, -0.1) is 24.0 Å². The smallest absolute Gasteiger partial charge is 0.193 e. The lowest BCUT2D eigenvalue weighted by atomic mass is 9.84. The predicted octanol–water partition coefficient (Wildman–Crippen LogP) is 2.96. The van der Waals surface area contributed by atoms with Gasteiger partial charge in [-0.1, -0.05) is 6.42 Å². The standard InChI is InChI=1S/C20H39N5S.HI/c1-19(2)17-24(14-15-26-19)18(21-3)22-16-20(8-12-23(4)13-9-20)25-10-6-5-7-11-25;/h5-17H2,1-4H3,(H,21,22);1H. The third kappa shape index (κ3) is 6.12. The van der Waals surface area contributed by atoms with Crippen LogP contribution in [0.1, 0.15) is 46.0 Å². The van der Waals surface area contributed by atoms with Crippen molar-refractivity contribution in [1.82, 2.24) is 20.0 Å². The van der Waals surface area contributed by atoms with Gasteiger partial charge in [0.05, 0.1) is 0 Å². The Hall–Kier alpha value is 0.270. The van der Waals surface area contributed by atoms with Crippen LogP contribution in [0.4, 0.5) is 0 Å². The highest BCUT2D eigenvalue weighted by atomic mass is 127. The van der Waals surface area contributed by atoms with Gasteiger partial charge in [0.2, 0.25) is 0 Å². The van der Waals surface area contributed by atoms with E-state index in [2.05, 4.69) is 57.7 Å². The first-order valence-corrected chi connectivity index (χ1v) is 11.5. The van der Waals surface area contributed by atoms with Crippen LogP contribution < -0.4 is 5.32 Å². The Balaban J connectivity index is 0.00000261. The Morgan fingerprint density at radius 2 is 1.70 bits per heavy atom. The summed E-state index contributed by atoms with van der Waals surface area (Å²) in [4.78, 5) is 12.4. The summed E-state index contributed by atoms with van der Waals surface area (Å²) in [5.41, 5.74) is 0.308. The zero-order valence-electron chi connectivity index (χ0n) is 17.8. The van der Waals surface area contributed by atoms with E-state index in [4.69, 9.17) is 0 Å². The molecule has 0 amide bonds. The third-order valence-electron chi connectivity index (χ3n) is 6.46. The van der Waals surface area contributed by atoms with Crippen molar-refractivity contribution in [2.75, 3.05) is 65.7 Å². The largest absolute Gasteiger partial charge is 0.354 e. The number of hydrogen-bond acceptors (Lipinski definition) is 4. The molecule has 3 fully saturated rings. The zero-order valence-corrected chi connectivity index (χ0v) is 20.9. The van der Waals surface area contributed by atoms with Gasteiger partial charge in [-0.05, 0) is 72.8 Å². The average Bonchev–Trinajstić information content (AvgIpc) is 2.64. The van der Waals surface area contributed by atoms with Crippen molar-refractivity contribution in [3.05, 3.63) is 0 Å². The van der Waals surface area contributed by atoms with Crippen LogP contribution in [0, 0.1) is 0 Å². The van der Waals surface area contributed by atoms with E-state index in [1.54, 1.807) is 0 Å². The highest BCUT2D eigenvalue weighted by molar-refractivity contribution is 14.0. The zero-order chi connectivity index (χ0) is 18.6. The number of aliphatic imine (C=N–C) groups is 1. The number of likely N-dealkylation sites (tertiary alicyclic amines) is 2. The van der Waals surface area contributed by atoms with E-state index < -0.39 is 0 Å². The molecule has 3 heterocycles. The first-order chi connectivity index (χ1) is 12.4. The minimum atomic E-state index is 0. The SMILES string of the molecule is CN=C(NCC1(N2CCCCC2)CCN(C)CC1)N1CCSC(C)(C)C1.I. The van der Waals surface area contributed by atoms with E-state index in [1.165, 1.54) is 64.0 Å². The molecule has 1 N–H and O–H groups in total. The topological polar surface area (TPSA) is 34.1 Å². The number of guanidine groups is 1. The molecule has 0 spiro atoms. The molecule has 0 aromatic heterocycles. The number of hydrogen-bond donors (Lipinski definition) is 1. The van der Waals surface area contributed by atoms with E-state index in [9.17, 15) is 0 Å². The molecular formula is C20H40IN5S. The number of halogens is 1. The lowest BCUT2D eigenvalue weighted by molar-refractivity contribution is 0.0169. The van der Waals surface area contributed by atoms with Gasteiger partial charge in [0.25, 0.3) is 0 Å². The molecule has 7 heteroatoms. The van der Waals surface area contributed by atoms with Crippen molar-refractivity contribution in [2.24, 2.45) is 4.99 Å². The van der Waals surface area contributed by atoms with Gasteiger partial charge >= 0.3 is 0 Å². The Kier molecular flexibility index (Phi) is 9.02. The quantitative estimate of drug-likeness (QED) is 0.360. The summed E-state index contributed by atoms with van der Waals surface area (Å²) in [5.74, 6) is 2.30. The van der Waals surface area contributed by atoms with Crippen LogP contribution in [0.3, 0.4) is 0 Å². The van der Waals surface area contributed by atoms with Crippen LogP contribution in [0.15, 0.2) is 4.99 Å². The van der Waals surface area contributed by atoms with Crippen LogP contribution in [0.2, 0.25) is 0 Å². The van der Waals surface area contributed by atoms with Crippen LogP contribution in [0.5, 0.6) is 0 Å². The molecule has 3 saturated heterocycles. The molecular weight excluding hydrogens is 469 g/mol. The van der Waals surface area contributed by atoms with E-state index in [1.807, 2.05) is 7.05 Å². The van der Waals surface area contributed by atoms with Gasteiger partial charge in [0.1, 0.15) is 0 Å². The van der Waals surface area contributed by atoms with Gasteiger partial charge in [-0.3, -0.25) is 9.89 Å². The van der Waals surface area contributed by atoms with Crippen molar-refractivity contribution in [3.8, 4) is 0 Å². The Bertz CT molecular complexity index is 485. The minimum absolute atomic E-state index is 0. The van der Waals surface area contributed by atoms with E-state index in [0.29, 0.717) is 10.3 Å². The molecule has 0 radical (unpaired) electrons. The number of piperidine rings is 2. The van der Waals surface area contributed by atoms with Crippen LogP contribution in [-0.2, 0) is 0 Å². The molecule has 0 unspecified atom stereocenters. The normalized spacial score (nSPS) is 27.1. The Morgan fingerprint density at radius 1 is 1.04 bits per heavy atom. The molecule has 3 aliphatic heterocycles. The van der Waals surface area contributed by atoms with Crippen molar-refractivity contribution in [1.29, 1.82) is 0 Å². The molecule has 3 rings (SSSR count). The van der Waals surface area contributed by atoms with E-state index in [0.717, 1.165) is 25.6 Å². The van der Waals surface area contributed by atoms with Crippen LogP contribution >= 0.6 is 35.7 Å². The molecule has 0 saturated carbocycles. The van der Waals surface area contributed by atoms with Crippen molar-refractivity contribution in [3.63, 3.8) is 0 Å². The molecule has 0 atom stereocenters. The van der Waals surface area contributed by atoms with Crippen molar-refractivity contribution >= 4 is 41.7 Å². The molecule has 0 bridgehead atoms. The maximum atomic E-state index is 4.65. The first-order valence-electron chi connectivity index (χ1n) is 10.5. The highest BCUT2D eigenvalue weighted by Gasteiger charge is 2.40. The second-order valence-electron chi connectivity index (χ2n) is 9.01. The summed E-state index contributed by atoms with van der Waals surface area (Å²) in [6.45, 7) is 12.9. The number of thioether (sulfide) groups is 1. The third-order valence-corrected chi connectivity index (χ3v) is 7.75. The maximum Gasteiger partial charge on any atom is 0.193 e. The second-order valence-corrected chi connectivity index (χ2v) is 10.8. The Morgan fingerprint density at radius 3 is 2.30 bits per heavy atom. The fourth-order valence-electron chi connectivity index (χ4n) is 4.78. The van der Waals surface area contributed by atoms with Gasteiger partial charge in [-0.2, -0.15) is 11.8 Å². The lowest BCUT2D eigenvalue weighted by Crippen LogP contribution is -2.62. The summed E-state index contributed by atoms with van der Waals surface area (Å²) < 4.78 is 0.313. The number of rotatable bonds is 3. The first kappa shape index (κ1) is 23.5. The molecule has 5 nitrogen and oxygen atoms in total. The van der Waals surface area contributed by atoms with Gasteiger partial charge in [0, 0.05) is 42.7 Å². The summed E-state index contributed by atoms with van der Waals surface area (Å²) >= 11 is 2.08. The molecule has 0 aliphatic carbocycles. The summed E-state index contributed by atoms with van der Waals surface area (Å²) in [5, 5.41) is 3.81. The van der Waals surface area contributed by atoms with E-state index >= 15 is 0 Å². The maximum absolute atomic E-state index is 4.65. The van der Waals surface area contributed by atoms with Gasteiger partial charge < -0.3 is 15.1 Å². The average molecular weight is 510 g/mol. The minimum Gasteiger partial charge on any atom is -0.354 e. The molecule has 3 aliphatic rings. The van der Waals surface area contributed by atoms with Gasteiger partial charge in [0.15, 0.2) is 5.96 Å². The van der Waals surface area contributed by atoms with Crippen molar-refractivity contribution in [2.45, 2.75) is 56.2 Å². The predicted molar refractivity (Wildman–Crippen MR) is 130 cm³/mol. The number of nitrogens with zero attached hydrogens (tertiary/aromatic N) is 4. The van der Waals surface area contributed by atoms with Gasteiger partial charge in [-0.25, -0.2) is 0 Å². The van der Waals surface area contributed by atoms with Crippen LogP contribution in [-0.4, -0.2) is 96.6 Å². The summed E-state index contributed by atoms with van der Waals surface area (Å²) in [6.07, 6.45) is 6.68. The molecule has 0 aromatic rings. The molecule has 0 aromatic carbocycles. The van der Waals surface area contributed by atoms with Crippen molar-refractivity contribution < 1.29 is 0 Å². The summed E-state index contributed by atoms with van der Waals surface area (Å²) in [6, 6.07) is 0. The molecule has 27 heavy (non-hydrogen) atoms. The Labute approximate surface area is 188 Å². The fourth-order valence-corrected chi connectivity index (χ4v) is 5.89. The monoisotopic (exact) mass is 509 g/mol. The summed E-state index contributed by atoms with van der Waals surface area (Å²) in [7, 11) is 4.21. The number of nitrogens with one attached hydrogen (secondary N) is 1. The van der Waals surface area contributed by atoms with E-state index in [-0.39, 0.29) is 24.0 Å². The second kappa shape index (κ2) is 10.3. The highest BCUT2D eigenvalue weighted by Crippen LogP contribution is 2.32. The van der Waals surface area contributed by atoms with Crippen LogP contribution in [0.25, 0.3) is 0 Å². The molecule has 158 valence electrons. The fraction of sp³-hybridized carbons (Fsp3) is 0.950.